The maximum absolute atomic E-state index is 12.8. The second-order valence-electron chi connectivity index (χ2n) is 4.10. The van der Waals surface area contributed by atoms with Crippen LogP contribution < -0.4 is 4.74 Å². The van der Waals surface area contributed by atoms with Crippen LogP contribution in [0, 0.1) is 0 Å². The molecule has 0 bridgehead atoms. The molecule has 0 N–H and O–H groups in total. The van der Waals surface area contributed by atoms with Crippen molar-refractivity contribution in [2.75, 3.05) is 26.5 Å². The van der Waals surface area contributed by atoms with Crippen LogP contribution in [0.2, 0.25) is 5.02 Å². The van der Waals surface area contributed by atoms with E-state index in [0.29, 0.717) is 23.1 Å². The van der Waals surface area contributed by atoms with Crippen molar-refractivity contribution in [2.24, 2.45) is 0 Å². The molecule has 0 aliphatic carbocycles. The summed E-state index contributed by atoms with van der Waals surface area (Å²) in [5, 5.41) is 0.560. The van der Waals surface area contributed by atoms with Crippen LogP contribution in [0.25, 0.3) is 0 Å². The van der Waals surface area contributed by atoms with E-state index in [0.717, 1.165) is 5.56 Å². The van der Waals surface area contributed by atoms with Gasteiger partial charge in [-0.3, -0.25) is 0 Å². The van der Waals surface area contributed by atoms with Gasteiger partial charge in [0.25, 0.3) is 0 Å². The first-order valence-electron chi connectivity index (χ1n) is 5.95. The van der Waals surface area contributed by atoms with Gasteiger partial charge >= 0.3 is 0 Å². The lowest BCUT2D eigenvalue weighted by Gasteiger charge is -2.25. The summed E-state index contributed by atoms with van der Waals surface area (Å²) in [5.74, 6) is 0.235. The maximum atomic E-state index is 12.8. The molecule has 0 radical (unpaired) electrons. The Morgan fingerprint density at radius 3 is 2.28 bits per heavy atom. The fourth-order valence-corrected chi connectivity index (χ4v) is 4.42. The van der Waals surface area contributed by atoms with Crippen molar-refractivity contribution in [3.63, 3.8) is 0 Å². The third-order valence-corrected chi connectivity index (χ3v) is 6.86. The SMILES string of the molecule is CCP(=O)(CC)C(OC)c1cc(Cl)cc(OC)c1. The summed E-state index contributed by atoms with van der Waals surface area (Å²) in [7, 11) is 0.759. The van der Waals surface area contributed by atoms with Crippen LogP contribution in [0.1, 0.15) is 25.3 Å². The number of rotatable bonds is 6. The van der Waals surface area contributed by atoms with Crippen molar-refractivity contribution in [3.8, 4) is 5.75 Å². The van der Waals surface area contributed by atoms with E-state index in [4.69, 9.17) is 21.1 Å². The molecule has 0 aliphatic heterocycles. The largest absolute Gasteiger partial charge is 0.497 e. The molecule has 0 saturated heterocycles. The average Bonchev–Trinajstić information content (AvgIpc) is 2.38. The molecule has 102 valence electrons. The predicted octanol–water partition coefficient (Wildman–Crippen LogP) is 4.40. The summed E-state index contributed by atoms with van der Waals surface area (Å²) in [5.41, 5.74) is 0.814. The summed E-state index contributed by atoms with van der Waals surface area (Å²) in [6, 6.07) is 5.34. The number of ether oxygens (including phenoxy) is 2. The minimum atomic E-state index is -2.40. The van der Waals surface area contributed by atoms with E-state index in [1.54, 1.807) is 26.4 Å². The van der Waals surface area contributed by atoms with Crippen molar-refractivity contribution < 1.29 is 14.0 Å². The standard InChI is InChI=1S/C13H20ClO3P/c1-5-18(15,6-2)13(17-4)10-7-11(14)9-12(8-10)16-3/h7-9,13H,5-6H2,1-4H3. The van der Waals surface area contributed by atoms with Gasteiger partial charge in [0.2, 0.25) is 0 Å². The molecule has 1 unspecified atom stereocenters. The van der Waals surface area contributed by atoms with Crippen LogP contribution >= 0.6 is 18.7 Å². The van der Waals surface area contributed by atoms with Gasteiger partial charge in [0, 0.05) is 24.5 Å². The Bertz CT molecular complexity index is 440. The van der Waals surface area contributed by atoms with E-state index in [9.17, 15) is 4.57 Å². The molecule has 5 heteroatoms. The van der Waals surface area contributed by atoms with E-state index in [1.807, 2.05) is 19.9 Å². The fraction of sp³-hybridized carbons (Fsp3) is 0.538. The number of hydrogen-bond donors (Lipinski definition) is 0. The third-order valence-electron chi connectivity index (χ3n) is 3.14. The zero-order chi connectivity index (χ0) is 13.8. The zero-order valence-corrected chi connectivity index (χ0v) is 12.9. The van der Waals surface area contributed by atoms with Crippen molar-refractivity contribution >= 4 is 18.7 Å². The van der Waals surface area contributed by atoms with Gasteiger partial charge in [-0.25, -0.2) is 0 Å². The molecule has 0 amide bonds. The van der Waals surface area contributed by atoms with Gasteiger partial charge in [-0.2, -0.15) is 0 Å². The highest BCUT2D eigenvalue weighted by Crippen LogP contribution is 2.59. The summed E-state index contributed by atoms with van der Waals surface area (Å²) in [6.45, 7) is 3.86. The Balaban J connectivity index is 3.24. The lowest BCUT2D eigenvalue weighted by molar-refractivity contribution is 0.164. The third kappa shape index (κ3) is 3.28. The van der Waals surface area contributed by atoms with Crippen LogP contribution in [0.5, 0.6) is 5.75 Å². The van der Waals surface area contributed by atoms with E-state index in [2.05, 4.69) is 0 Å². The normalized spacial score (nSPS) is 13.4. The van der Waals surface area contributed by atoms with Gasteiger partial charge < -0.3 is 14.0 Å². The van der Waals surface area contributed by atoms with Crippen molar-refractivity contribution in [3.05, 3.63) is 28.8 Å². The molecule has 0 spiro atoms. The highest BCUT2D eigenvalue weighted by atomic mass is 35.5. The Hall–Kier alpha value is -0.500. The molecule has 0 aliphatic rings. The van der Waals surface area contributed by atoms with E-state index < -0.39 is 13.0 Å². The molecule has 18 heavy (non-hydrogen) atoms. The van der Waals surface area contributed by atoms with Gasteiger partial charge in [0.05, 0.1) is 7.11 Å². The predicted molar refractivity (Wildman–Crippen MR) is 76.4 cm³/mol. The summed E-state index contributed by atoms with van der Waals surface area (Å²) in [4.78, 5) is 0. The average molecular weight is 291 g/mol. The molecule has 1 rings (SSSR count). The van der Waals surface area contributed by atoms with Crippen LogP contribution in [-0.2, 0) is 9.30 Å². The first kappa shape index (κ1) is 15.6. The number of methoxy groups -OCH3 is 2. The number of hydrogen-bond acceptors (Lipinski definition) is 3. The highest BCUT2D eigenvalue weighted by molar-refractivity contribution is 7.64. The second-order valence-corrected chi connectivity index (χ2v) is 8.17. The van der Waals surface area contributed by atoms with E-state index >= 15 is 0 Å². The van der Waals surface area contributed by atoms with Gasteiger partial charge in [0.15, 0.2) is 0 Å². The number of benzene rings is 1. The molecule has 1 aromatic rings. The van der Waals surface area contributed by atoms with Crippen LogP contribution in [-0.4, -0.2) is 26.5 Å². The monoisotopic (exact) mass is 290 g/mol. The van der Waals surface area contributed by atoms with Gasteiger partial charge in [-0.1, -0.05) is 25.4 Å². The van der Waals surface area contributed by atoms with Crippen LogP contribution in [0.4, 0.5) is 0 Å². The molecule has 0 saturated carbocycles. The Morgan fingerprint density at radius 1 is 1.22 bits per heavy atom. The van der Waals surface area contributed by atoms with Gasteiger partial charge in [-0.05, 0) is 23.8 Å². The minimum absolute atomic E-state index is 0.417. The first-order chi connectivity index (χ1) is 8.50. The number of halogens is 1. The maximum Gasteiger partial charge on any atom is 0.135 e. The topological polar surface area (TPSA) is 35.5 Å². The van der Waals surface area contributed by atoms with Crippen LogP contribution in [0.15, 0.2) is 18.2 Å². The Kier molecular flexibility index (Phi) is 5.71. The summed E-state index contributed by atoms with van der Waals surface area (Å²) in [6.07, 6.45) is 1.22. The van der Waals surface area contributed by atoms with Crippen molar-refractivity contribution in [1.29, 1.82) is 0 Å². The molecular weight excluding hydrogens is 271 g/mol. The first-order valence-corrected chi connectivity index (χ1v) is 8.48. The molecular formula is C13H20ClO3P. The minimum Gasteiger partial charge on any atom is -0.497 e. The van der Waals surface area contributed by atoms with E-state index in [1.165, 1.54) is 0 Å². The molecule has 0 aromatic heterocycles. The summed E-state index contributed by atoms with van der Waals surface area (Å²) >= 11 is 6.04. The van der Waals surface area contributed by atoms with Crippen molar-refractivity contribution in [2.45, 2.75) is 19.7 Å². The highest BCUT2D eigenvalue weighted by Gasteiger charge is 2.31. The quantitative estimate of drug-likeness (QED) is 0.729. The molecule has 1 atom stereocenters. The Labute approximate surface area is 114 Å². The van der Waals surface area contributed by atoms with Crippen LogP contribution in [0.3, 0.4) is 0 Å². The smallest absolute Gasteiger partial charge is 0.135 e. The molecule has 0 fully saturated rings. The fourth-order valence-electron chi connectivity index (χ4n) is 2.00. The van der Waals surface area contributed by atoms with Crippen molar-refractivity contribution in [1.82, 2.24) is 0 Å². The summed E-state index contributed by atoms with van der Waals surface area (Å²) < 4.78 is 23.4. The molecule has 3 nitrogen and oxygen atoms in total. The zero-order valence-electron chi connectivity index (χ0n) is 11.3. The lowest BCUT2D eigenvalue weighted by atomic mass is 10.2. The second kappa shape index (κ2) is 6.60. The van der Waals surface area contributed by atoms with Gasteiger partial charge in [0.1, 0.15) is 18.7 Å². The molecule has 0 heterocycles. The lowest BCUT2D eigenvalue weighted by Crippen LogP contribution is -2.07. The Morgan fingerprint density at radius 2 is 1.83 bits per heavy atom. The molecule has 1 aromatic carbocycles. The van der Waals surface area contributed by atoms with Gasteiger partial charge in [-0.15, -0.1) is 0 Å². The van der Waals surface area contributed by atoms with E-state index in [-0.39, 0.29) is 0 Å².